The van der Waals surface area contributed by atoms with Crippen molar-refractivity contribution in [2.75, 3.05) is 19.8 Å². The number of benzene rings is 1. The fourth-order valence-corrected chi connectivity index (χ4v) is 3.09. The van der Waals surface area contributed by atoms with Crippen molar-refractivity contribution in [1.82, 2.24) is 5.32 Å². The van der Waals surface area contributed by atoms with Gasteiger partial charge < -0.3 is 10.1 Å². The molecule has 1 aliphatic heterocycles. The lowest BCUT2D eigenvalue weighted by Gasteiger charge is -2.37. The second-order valence-electron chi connectivity index (χ2n) is 5.91. The van der Waals surface area contributed by atoms with Gasteiger partial charge in [0.05, 0.1) is 6.61 Å². The van der Waals surface area contributed by atoms with Gasteiger partial charge in [0, 0.05) is 19.2 Å². The third-order valence-electron chi connectivity index (χ3n) is 4.43. The SMILES string of the molecule is Fc1ccc(C2CC(NCC3CCCOC3)C2)cc1. The van der Waals surface area contributed by atoms with Crippen molar-refractivity contribution in [3.63, 3.8) is 0 Å². The van der Waals surface area contributed by atoms with Crippen molar-refractivity contribution in [3.05, 3.63) is 35.6 Å². The molecule has 0 spiro atoms. The Morgan fingerprint density at radius 1 is 1.21 bits per heavy atom. The van der Waals surface area contributed by atoms with Gasteiger partial charge in [-0.05, 0) is 55.2 Å². The number of hydrogen-bond acceptors (Lipinski definition) is 2. The summed E-state index contributed by atoms with van der Waals surface area (Å²) in [5.74, 6) is 1.16. The molecule has 1 aliphatic carbocycles. The second kappa shape index (κ2) is 6.02. The van der Waals surface area contributed by atoms with E-state index in [0.717, 1.165) is 19.8 Å². The van der Waals surface area contributed by atoms with E-state index < -0.39 is 0 Å². The molecule has 2 aliphatic rings. The highest BCUT2D eigenvalue weighted by molar-refractivity contribution is 5.23. The molecule has 3 heteroatoms. The van der Waals surface area contributed by atoms with Crippen LogP contribution >= 0.6 is 0 Å². The van der Waals surface area contributed by atoms with Gasteiger partial charge in [0.1, 0.15) is 5.82 Å². The van der Waals surface area contributed by atoms with Gasteiger partial charge in [0.25, 0.3) is 0 Å². The molecule has 1 unspecified atom stereocenters. The Morgan fingerprint density at radius 3 is 2.68 bits per heavy atom. The first-order valence-corrected chi connectivity index (χ1v) is 7.38. The Hall–Kier alpha value is -0.930. The average molecular weight is 263 g/mol. The van der Waals surface area contributed by atoms with E-state index in [1.807, 2.05) is 12.1 Å². The predicted molar refractivity (Wildman–Crippen MR) is 73.7 cm³/mol. The Balaban J connectivity index is 1.39. The summed E-state index contributed by atoms with van der Waals surface area (Å²) in [6.45, 7) is 2.94. The summed E-state index contributed by atoms with van der Waals surface area (Å²) in [4.78, 5) is 0. The average Bonchev–Trinajstić information content (AvgIpc) is 2.40. The number of rotatable bonds is 4. The van der Waals surface area contributed by atoms with E-state index in [1.165, 1.54) is 31.2 Å². The zero-order valence-electron chi connectivity index (χ0n) is 11.3. The van der Waals surface area contributed by atoms with E-state index in [2.05, 4.69) is 5.32 Å². The highest BCUT2D eigenvalue weighted by atomic mass is 19.1. The third-order valence-corrected chi connectivity index (χ3v) is 4.43. The van der Waals surface area contributed by atoms with Crippen LogP contribution in [0, 0.1) is 11.7 Å². The van der Waals surface area contributed by atoms with Crippen LogP contribution in [0.25, 0.3) is 0 Å². The molecule has 19 heavy (non-hydrogen) atoms. The Morgan fingerprint density at radius 2 is 2.00 bits per heavy atom. The quantitative estimate of drug-likeness (QED) is 0.901. The molecule has 3 rings (SSSR count). The van der Waals surface area contributed by atoms with Crippen LogP contribution in [0.3, 0.4) is 0 Å². The molecule has 1 saturated heterocycles. The Bertz CT molecular complexity index is 394. The summed E-state index contributed by atoms with van der Waals surface area (Å²) in [6, 6.07) is 7.61. The van der Waals surface area contributed by atoms with Gasteiger partial charge in [-0.3, -0.25) is 0 Å². The molecule has 2 nitrogen and oxygen atoms in total. The van der Waals surface area contributed by atoms with Crippen LogP contribution in [-0.4, -0.2) is 25.8 Å². The van der Waals surface area contributed by atoms with Crippen LogP contribution in [0.15, 0.2) is 24.3 Å². The molecular weight excluding hydrogens is 241 g/mol. The van der Waals surface area contributed by atoms with Crippen LogP contribution in [-0.2, 0) is 4.74 Å². The predicted octanol–water partition coefficient (Wildman–Crippen LogP) is 3.09. The van der Waals surface area contributed by atoms with E-state index >= 15 is 0 Å². The molecule has 1 heterocycles. The van der Waals surface area contributed by atoms with Crippen LogP contribution in [0.1, 0.15) is 37.2 Å². The molecule has 1 N–H and O–H groups in total. The van der Waals surface area contributed by atoms with Crippen LogP contribution in [0.4, 0.5) is 4.39 Å². The van der Waals surface area contributed by atoms with Crippen molar-refractivity contribution >= 4 is 0 Å². The Kier molecular flexibility index (Phi) is 4.14. The topological polar surface area (TPSA) is 21.3 Å². The minimum absolute atomic E-state index is 0.143. The lowest BCUT2D eigenvalue weighted by Crippen LogP contribution is -2.43. The summed E-state index contributed by atoms with van der Waals surface area (Å²) in [5.41, 5.74) is 1.28. The van der Waals surface area contributed by atoms with Gasteiger partial charge in [-0.2, -0.15) is 0 Å². The number of nitrogens with one attached hydrogen (secondary N) is 1. The normalized spacial score (nSPS) is 30.9. The van der Waals surface area contributed by atoms with Crippen molar-refractivity contribution < 1.29 is 9.13 Å². The number of ether oxygens (including phenoxy) is 1. The fourth-order valence-electron chi connectivity index (χ4n) is 3.09. The molecule has 0 radical (unpaired) electrons. The maximum Gasteiger partial charge on any atom is 0.123 e. The zero-order valence-corrected chi connectivity index (χ0v) is 11.3. The monoisotopic (exact) mass is 263 g/mol. The molecule has 0 aromatic heterocycles. The van der Waals surface area contributed by atoms with Crippen molar-refractivity contribution in [1.29, 1.82) is 0 Å². The van der Waals surface area contributed by atoms with Gasteiger partial charge in [-0.25, -0.2) is 4.39 Å². The number of hydrogen-bond donors (Lipinski definition) is 1. The molecule has 1 aromatic rings. The van der Waals surface area contributed by atoms with Gasteiger partial charge in [-0.15, -0.1) is 0 Å². The van der Waals surface area contributed by atoms with E-state index in [1.54, 1.807) is 12.1 Å². The van der Waals surface area contributed by atoms with Crippen LogP contribution in [0.5, 0.6) is 0 Å². The first kappa shape index (κ1) is 13.1. The molecule has 1 saturated carbocycles. The Labute approximate surface area is 114 Å². The standard InChI is InChI=1S/C16H22FNO/c17-15-5-3-13(4-6-15)14-8-16(9-14)18-10-12-2-1-7-19-11-12/h3-6,12,14,16,18H,1-2,7-11H2. The molecule has 0 amide bonds. The molecule has 104 valence electrons. The van der Waals surface area contributed by atoms with Gasteiger partial charge in [-0.1, -0.05) is 12.1 Å². The first-order valence-electron chi connectivity index (χ1n) is 7.38. The maximum atomic E-state index is 12.9. The van der Waals surface area contributed by atoms with E-state index in [9.17, 15) is 4.39 Å². The summed E-state index contributed by atoms with van der Waals surface area (Å²) in [7, 11) is 0. The van der Waals surface area contributed by atoms with Crippen LogP contribution in [0.2, 0.25) is 0 Å². The summed E-state index contributed by atoms with van der Waals surface area (Å²) >= 11 is 0. The van der Waals surface area contributed by atoms with Crippen molar-refractivity contribution in [3.8, 4) is 0 Å². The molecule has 2 fully saturated rings. The summed E-state index contributed by atoms with van der Waals surface area (Å²) < 4.78 is 18.3. The van der Waals surface area contributed by atoms with Gasteiger partial charge in [0.15, 0.2) is 0 Å². The lowest BCUT2D eigenvalue weighted by atomic mass is 9.75. The van der Waals surface area contributed by atoms with Crippen molar-refractivity contribution in [2.24, 2.45) is 5.92 Å². The first-order chi connectivity index (χ1) is 9.31. The molecular formula is C16H22FNO. The van der Waals surface area contributed by atoms with E-state index in [-0.39, 0.29) is 5.82 Å². The smallest absolute Gasteiger partial charge is 0.123 e. The lowest BCUT2D eigenvalue weighted by molar-refractivity contribution is 0.0521. The van der Waals surface area contributed by atoms with Gasteiger partial charge in [0.2, 0.25) is 0 Å². The third kappa shape index (κ3) is 3.34. The molecule has 0 bridgehead atoms. The maximum absolute atomic E-state index is 12.9. The highest BCUT2D eigenvalue weighted by Gasteiger charge is 2.30. The minimum Gasteiger partial charge on any atom is -0.381 e. The largest absolute Gasteiger partial charge is 0.381 e. The highest BCUT2D eigenvalue weighted by Crippen LogP contribution is 2.36. The van der Waals surface area contributed by atoms with E-state index in [4.69, 9.17) is 4.74 Å². The summed E-state index contributed by atoms with van der Waals surface area (Å²) in [5, 5.41) is 3.65. The van der Waals surface area contributed by atoms with Gasteiger partial charge >= 0.3 is 0 Å². The molecule has 1 atom stereocenters. The minimum atomic E-state index is -0.143. The summed E-state index contributed by atoms with van der Waals surface area (Å²) in [6.07, 6.45) is 4.86. The van der Waals surface area contributed by atoms with Crippen molar-refractivity contribution in [2.45, 2.75) is 37.6 Å². The fraction of sp³-hybridized carbons (Fsp3) is 0.625. The van der Waals surface area contributed by atoms with E-state index in [0.29, 0.717) is 17.9 Å². The van der Waals surface area contributed by atoms with Crippen LogP contribution < -0.4 is 5.32 Å². The zero-order chi connectivity index (χ0) is 13.1. The number of halogens is 1. The molecule has 1 aromatic carbocycles. The second-order valence-corrected chi connectivity index (χ2v) is 5.91.